The molecule has 1 N–H and O–H groups in total. The van der Waals surface area contributed by atoms with E-state index >= 15 is 0 Å². The molecule has 1 aliphatic heterocycles. The highest BCUT2D eigenvalue weighted by Gasteiger charge is 2.22. The summed E-state index contributed by atoms with van der Waals surface area (Å²) in [6, 6.07) is 4.23. The molecule has 0 amide bonds. The van der Waals surface area contributed by atoms with Gasteiger partial charge >= 0.3 is 0 Å². The maximum absolute atomic E-state index is 4.63. The van der Waals surface area contributed by atoms with E-state index < -0.39 is 0 Å². The molecule has 1 atom stereocenters. The van der Waals surface area contributed by atoms with Gasteiger partial charge in [0.15, 0.2) is 0 Å². The minimum atomic E-state index is 0.622. The number of nitrogens with zero attached hydrogens (tertiary/aromatic N) is 2. The quantitative estimate of drug-likeness (QED) is 0.788. The monoisotopic (exact) mass is 215 g/mol. The maximum atomic E-state index is 4.63. The average molecular weight is 215 g/mol. The molecule has 3 heteroatoms. The number of hydrogen-bond acceptors (Lipinski definition) is 2. The molecule has 16 heavy (non-hydrogen) atoms. The van der Waals surface area contributed by atoms with Crippen LogP contribution in [0.1, 0.15) is 29.3 Å². The Morgan fingerprint density at radius 1 is 1.38 bits per heavy atom. The molecule has 0 aromatic carbocycles. The zero-order chi connectivity index (χ0) is 11.1. The van der Waals surface area contributed by atoms with E-state index in [4.69, 9.17) is 0 Å². The highest BCUT2D eigenvalue weighted by molar-refractivity contribution is 5.45. The molecule has 1 saturated heterocycles. The van der Waals surface area contributed by atoms with Crippen LogP contribution < -0.4 is 5.32 Å². The van der Waals surface area contributed by atoms with Gasteiger partial charge in [-0.15, -0.1) is 0 Å². The molecular weight excluding hydrogens is 198 g/mol. The van der Waals surface area contributed by atoms with E-state index in [1.54, 1.807) is 0 Å². The fourth-order valence-electron chi connectivity index (χ4n) is 2.67. The summed E-state index contributed by atoms with van der Waals surface area (Å²) in [4.78, 5) is 4.63. The highest BCUT2D eigenvalue weighted by Crippen LogP contribution is 2.26. The number of aryl methyl sites for hydroxylation is 2. The molecule has 0 saturated carbocycles. The van der Waals surface area contributed by atoms with Gasteiger partial charge in [-0.2, -0.15) is 0 Å². The SMILES string of the molecule is Cc1ccc2nc(C)c(C3CCNC3)n2c1. The van der Waals surface area contributed by atoms with Crippen molar-refractivity contribution in [2.24, 2.45) is 0 Å². The first-order chi connectivity index (χ1) is 7.75. The van der Waals surface area contributed by atoms with Gasteiger partial charge in [-0.25, -0.2) is 4.98 Å². The number of fused-ring (bicyclic) bond motifs is 1. The summed E-state index contributed by atoms with van der Waals surface area (Å²) in [5.41, 5.74) is 4.94. The van der Waals surface area contributed by atoms with E-state index in [1.807, 2.05) is 0 Å². The molecule has 84 valence electrons. The third kappa shape index (κ3) is 1.43. The zero-order valence-corrected chi connectivity index (χ0v) is 9.83. The Bertz CT molecular complexity index is 521. The van der Waals surface area contributed by atoms with E-state index in [-0.39, 0.29) is 0 Å². The van der Waals surface area contributed by atoms with Crippen LogP contribution >= 0.6 is 0 Å². The van der Waals surface area contributed by atoms with E-state index in [2.05, 4.69) is 46.9 Å². The van der Waals surface area contributed by atoms with Gasteiger partial charge < -0.3 is 9.72 Å². The first-order valence-corrected chi connectivity index (χ1v) is 5.91. The molecule has 3 nitrogen and oxygen atoms in total. The van der Waals surface area contributed by atoms with Gasteiger partial charge in [-0.1, -0.05) is 6.07 Å². The van der Waals surface area contributed by atoms with Crippen LogP contribution in [-0.4, -0.2) is 22.5 Å². The van der Waals surface area contributed by atoms with Crippen LogP contribution in [0.3, 0.4) is 0 Å². The summed E-state index contributed by atoms with van der Waals surface area (Å²) >= 11 is 0. The van der Waals surface area contributed by atoms with Crippen LogP contribution in [0.5, 0.6) is 0 Å². The van der Waals surface area contributed by atoms with Crippen LogP contribution in [0.15, 0.2) is 18.3 Å². The summed E-state index contributed by atoms with van der Waals surface area (Å²) in [7, 11) is 0. The second kappa shape index (κ2) is 3.59. The minimum Gasteiger partial charge on any atom is -0.316 e. The van der Waals surface area contributed by atoms with Crippen molar-refractivity contribution in [3.8, 4) is 0 Å². The topological polar surface area (TPSA) is 29.3 Å². The van der Waals surface area contributed by atoms with Crippen LogP contribution in [0, 0.1) is 13.8 Å². The van der Waals surface area contributed by atoms with Crippen molar-refractivity contribution in [1.29, 1.82) is 0 Å². The van der Waals surface area contributed by atoms with Gasteiger partial charge in [-0.05, 0) is 38.4 Å². The lowest BCUT2D eigenvalue weighted by molar-refractivity contribution is 0.719. The van der Waals surface area contributed by atoms with Gasteiger partial charge in [-0.3, -0.25) is 0 Å². The normalized spacial score (nSPS) is 20.8. The smallest absolute Gasteiger partial charge is 0.137 e. The van der Waals surface area contributed by atoms with E-state index in [9.17, 15) is 0 Å². The Labute approximate surface area is 95.5 Å². The van der Waals surface area contributed by atoms with Crippen LogP contribution in [0.2, 0.25) is 0 Å². The lowest BCUT2D eigenvalue weighted by atomic mass is 10.0. The molecule has 0 bridgehead atoms. The Kier molecular flexibility index (Phi) is 2.21. The zero-order valence-electron chi connectivity index (χ0n) is 9.83. The lowest BCUT2D eigenvalue weighted by Gasteiger charge is -2.10. The molecule has 1 aliphatic rings. The minimum absolute atomic E-state index is 0.622. The summed E-state index contributed by atoms with van der Waals surface area (Å²) in [6.07, 6.45) is 3.42. The number of imidazole rings is 1. The predicted octanol–water partition coefficient (Wildman–Crippen LogP) is 2.03. The Balaban J connectivity index is 2.20. The van der Waals surface area contributed by atoms with Crippen LogP contribution in [0.25, 0.3) is 5.65 Å². The molecular formula is C13H17N3. The molecule has 3 heterocycles. The fraction of sp³-hybridized carbons (Fsp3) is 0.462. The molecule has 3 rings (SSSR count). The second-order valence-corrected chi connectivity index (χ2v) is 4.71. The standard InChI is InChI=1S/C13H17N3/c1-9-3-4-12-15-10(2)13(16(12)8-9)11-5-6-14-7-11/h3-4,8,11,14H,5-7H2,1-2H3. The second-order valence-electron chi connectivity index (χ2n) is 4.71. The third-order valence-corrected chi connectivity index (χ3v) is 3.43. The van der Waals surface area contributed by atoms with Crippen molar-refractivity contribution in [2.75, 3.05) is 13.1 Å². The first-order valence-electron chi connectivity index (χ1n) is 5.91. The summed E-state index contributed by atoms with van der Waals surface area (Å²) < 4.78 is 2.27. The van der Waals surface area contributed by atoms with Crippen molar-refractivity contribution < 1.29 is 0 Å². The highest BCUT2D eigenvalue weighted by atomic mass is 15.0. The van der Waals surface area contributed by atoms with Gasteiger partial charge in [0, 0.05) is 24.4 Å². The van der Waals surface area contributed by atoms with E-state index in [1.165, 1.54) is 23.4 Å². The summed E-state index contributed by atoms with van der Waals surface area (Å²) in [5, 5.41) is 3.43. The third-order valence-electron chi connectivity index (χ3n) is 3.43. The number of aromatic nitrogens is 2. The van der Waals surface area contributed by atoms with Crippen LogP contribution in [0.4, 0.5) is 0 Å². The number of pyridine rings is 1. The predicted molar refractivity (Wildman–Crippen MR) is 64.9 cm³/mol. The Morgan fingerprint density at radius 2 is 2.25 bits per heavy atom. The van der Waals surface area contributed by atoms with Crippen molar-refractivity contribution in [2.45, 2.75) is 26.2 Å². The molecule has 1 fully saturated rings. The lowest BCUT2D eigenvalue weighted by Crippen LogP contribution is -2.10. The van der Waals surface area contributed by atoms with Crippen LogP contribution in [-0.2, 0) is 0 Å². The molecule has 0 aliphatic carbocycles. The van der Waals surface area contributed by atoms with Gasteiger partial charge in [0.2, 0.25) is 0 Å². The van der Waals surface area contributed by atoms with Gasteiger partial charge in [0.1, 0.15) is 5.65 Å². The van der Waals surface area contributed by atoms with Crippen molar-refractivity contribution in [1.82, 2.24) is 14.7 Å². The number of hydrogen-bond donors (Lipinski definition) is 1. The molecule has 0 radical (unpaired) electrons. The van der Waals surface area contributed by atoms with E-state index in [0.29, 0.717) is 5.92 Å². The number of rotatable bonds is 1. The van der Waals surface area contributed by atoms with E-state index in [0.717, 1.165) is 18.7 Å². The van der Waals surface area contributed by atoms with Gasteiger partial charge in [0.05, 0.1) is 5.69 Å². The Hall–Kier alpha value is -1.35. The average Bonchev–Trinajstić information content (AvgIpc) is 2.83. The Morgan fingerprint density at radius 3 is 3.00 bits per heavy atom. The number of nitrogens with one attached hydrogen (secondary N) is 1. The summed E-state index contributed by atoms with van der Waals surface area (Å²) in [5.74, 6) is 0.622. The van der Waals surface area contributed by atoms with Crippen molar-refractivity contribution in [3.05, 3.63) is 35.3 Å². The fourth-order valence-corrected chi connectivity index (χ4v) is 2.67. The van der Waals surface area contributed by atoms with Gasteiger partial charge in [0.25, 0.3) is 0 Å². The first kappa shape index (κ1) is 9.85. The molecule has 0 spiro atoms. The maximum Gasteiger partial charge on any atom is 0.137 e. The van der Waals surface area contributed by atoms with Crippen molar-refractivity contribution >= 4 is 5.65 Å². The molecule has 1 unspecified atom stereocenters. The summed E-state index contributed by atoms with van der Waals surface area (Å²) in [6.45, 7) is 6.47. The largest absolute Gasteiger partial charge is 0.316 e. The van der Waals surface area contributed by atoms with Crippen molar-refractivity contribution in [3.63, 3.8) is 0 Å². The molecule has 2 aromatic heterocycles. The molecule has 2 aromatic rings.